The Balaban J connectivity index is 1.03. The monoisotopic (exact) mass is 708 g/mol. The van der Waals surface area contributed by atoms with Gasteiger partial charge in [0, 0.05) is 0 Å². The summed E-state index contributed by atoms with van der Waals surface area (Å²) in [5.41, 5.74) is 12.4. The fourth-order valence-electron chi connectivity index (χ4n) is 8.96. The molecule has 56 heavy (non-hydrogen) atoms. The zero-order valence-corrected chi connectivity index (χ0v) is 30.8. The van der Waals surface area contributed by atoms with Crippen LogP contribution < -0.4 is 0 Å². The molecule has 11 aromatic rings. The Morgan fingerprint density at radius 3 is 1.27 bits per heavy atom. The summed E-state index contributed by atoms with van der Waals surface area (Å²) >= 11 is 0. The average Bonchev–Trinajstić information content (AvgIpc) is 3.27. The molecular formula is C56H36. The predicted octanol–water partition coefficient (Wildman–Crippen LogP) is 15.8. The molecule has 0 heteroatoms. The average molecular weight is 709 g/mol. The van der Waals surface area contributed by atoms with Gasteiger partial charge in [-0.15, -0.1) is 0 Å². The van der Waals surface area contributed by atoms with Crippen molar-refractivity contribution in [3.8, 4) is 55.6 Å². The quantitative estimate of drug-likeness (QED) is 0.156. The molecule has 0 aliphatic carbocycles. The smallest absolute Gasteiger partial charge is 0.00262 e. The van der Waals surface area contributed by atoms with Gasteiger partial charge in [-0.25, -0.2) is 0 Å². The second-order valence-electron chi connectivity index (χ2n) is 14.8. The van der Waals surface area contributed by atoms with E-state index in [9.17, 15) is 0 Å². The molecule has 0 aliphatic heterocycles. The van der Waals surface area contributed by atoms with Crippen LogP contribution in [0.2, 0.25) is 0 Å². The molecule has 0 nitrogen and oxygen atoms in total. The lowest BCUT2D eigenvalue weighted by Crippen LogP contribution is -1.91. The molecule has 0 radical (unpaired) electrons. The van der Waals surface area contributed by atoms with Crippen LogP contribution in [-0.4, -0.2) is 0 Å². The highest BCUT2D eigenvalue weighted by Crippen LogP contribution is 2.45. The van der Waals surface area contributed by atoms with Gasteiger partial charge >= 0.3 is 0 Å². The Morgan fingerprint density at radius 1 is 0.196 bits per heavy atom. The van der Waals surface area contributed by atoms with Gasteiger partial charge in [0.1, 0.15) is 0 Å². The third kappa shape index (κ3) is 5.38. The van der Waals surface area contributed by atoms with Crippen LogP contribution in [0.4, 0.5) is 0 Å². The molecule has 0 aliphatic rings. The van der Waals surface area contributed by atoms with Crippen molar-refractivity contribution in [2.24, 2.45) is 0 Å². The van der Waals surface area contributed by atoms with Crippen molar-refractivity contribution in [3.05, 3.63) is 218 Å². The SMILES string of the molecule is c1ccc(-c2cccc3cccc(-c4ccc5cc(-c6c7ccccc7c(-c7ccc(-c8ccc9ccccc9c8)cc7)c7ccccc67)ccc5c4)c23)cc1. The van der Waals surface area contributed by atoms with Crippen LogP contribution in [0.25, 0.3) is 109 Å². The van der Waals surface area contributed by atoms with Crippen molar-refractivity contribution in [2.45, 2.75) is 0 Å². The molecule has 11 rings (SSSR count). The van der Waals surface area contributed by atoms with Gasteiger partial charge in [0.25, 0.3) is 0 Å². The highest BCUT2D eigenvalue weighted by atomic mass is 14.2. The van der Waals surface area contributed by atoms with Crippen molar-refractivity contribution in [2.75, 3.05) is 0 Å². The Hall–Kier alpha value is -7.28. The fraction of sp³-hybridized carbons (Fsp3) is 0. The third-order valence-corrected chi connectivity index (χ3v) is 11.6. The van der Waals surface area contributed by atoms with Crippen molar-refractivity contribution in [3.63, 3.8) is 0 Å². The van der Waals surface area contributed by atoms with Gasteiger partial charge < -0.3 is 0 Å². The molecule has 0 N–H and O–H groups in total. The lowest BCUT2D eigenvalue weighted by Gasteiger charge is -2.18. The zero-order valence-electron chi connectivity index (χ0n) is 30.8. The first-order valence-corrected chi connectivity index (χ1v) is 19.4. The predicted molar refractivity (Wildman–Crippen MR) is 241 cm³/mol. The minimum atomic E-state index is 1.22. The summed E-state index contributed by atoms with van der Waals surface area (Å²) in [6, 6.07) is 80.3. The minimum Gasteiger partial charge on any atom is -0.0622 e. The summed E-state index contributed by atoms with van der Waals surface area (Å²) in [6.45, 7) is 0. The van der Waals surface area contributed by atoms with Gasteiger partial charge in [0.05, 0.1) is 0 Å². The number of fused-ring (bicyclic) bond motifs is 5. The lowest BCUT2D eigenvalue weighted by molar-refractivity contribution is 1.63. The Labute approximate surface area is 326 Å². The normalized spacial score (nSPS) is 11.6. The molecule has 0 saturated carbocycles. The Morgan fingerprint density at radius 2 is 0.607 bits per heavy atom. The van der Waals surface area contributed by atoms with Crippen LogP contribution in [0.5, 0.6) is 0 Å². The lowest BCUT2D eigenvalue weighted by atomic mass is 9.85. The summed E-state index contributed by atoms with van der Waals surface area (Å²) < 4.78 is 0. The van der Waals surface area contributed by atoms with Crippen molar-refractivity contribution in [1.29, 1.82) is 0 Å². The number of hydrogen-bond donors (Lipinski definition) is 0. The summed E-state index contributed by atoms with van der Waals surface area (Å²) in [6.07, 6.45) is 0. The van der Waals surface area contributed by atoms with Crippen molar-refractivity contribution >= 4 is 53.9 Å². The molecular weight excluding hydrogens is 673 g/mol. The first-order chi connectivity index (χ1) is 27.8. The minimum absolute atomic E-state index is 1.22. The van der Waals surface area contributed by atoms with E-state index in [1.54, 1.807) is 0 Å². The van der Waals surface area contributed by atoms with Crippen molar-refractivity contribution in [1.82, 2.24) is 0 Å². The van der Waals surface area contributed by atoms with Crippen LogP contribution in [0, 0.1) is 0 Å². The number of benzene rings is 11. The highest BCUT2D eigenvalue weighted by Gasteiger charge is 2.17. The van der Waals surface area contributed by atoms with E-state index in [0.717, 1.165) is 0 Å². The molecule has 0 amide bonds. The summed E-state index contributed by atoms with van der Waals surface area (Å²) in [5, 5.41) is 12.6. The van der Waals surface area contributed by atoms with Gasteiger partial charge in [-0.05, 0) is 128 Å². The standard InChI is InChI=1S/C56H36/c1-2-13-39(14-3-1)48-22-10-16-40-17-11-23-49(54(40)48)46-32-30-45-36-47(33-31-44(45)35-46)56-52-20-8-6-18-50(52)55(51-19-7-9-21-53(51)56)41-27-24-38(25-28-41)43-29-26-37-12-4-5-15-42(37)34-43/h1-36H. The first-order valence-electron chi connectivity index (χ1n) is 19.4. The summed E-state index contributed by atoms with van der Waals surface area (Å²) in [5.74, 6) is 0. The third-order valence-electron chi connectivity index (χ3n) is 11.6. The molecule has 11 aromatic carbocycles. The molecule has 0 fully saturated rings. The molecule has 0 atom stereocenters. The van der Waals surface area contributed by atoms with Crippen LogP contribution in [-0.2, 0) is 0 Å². The van der Waals surface area contributed by atoms with E-state index >= 15 is 0 Å². The fourth-order valence-corrected chi connectivity index (χ4v) is 8.96. The molecule has 0 unspecified atom stereocenters. The Kier molecular flexibility index (Phi) is 7.60. The van der Waals surface area contributed by atoms with E-state index in [1.807, 2.05) is 0 Å². The van der Waals surface area contributed by atoms with Gasteiger partial charge in [-0.2, -0.15) is 0 Å². The molecule has 0 bridgehead atoms. The van der Waals surface area contributed by atoms with Gasteiger partial charge in [0.2, 0.25) is 0 Å². The van der Waals surface area contributed by atoms with Crippen LogP contribution >= 0.6 is 0 Å². The zero-order chi connectivity index (χ0) is 37.0. The maximum Gasteiger partial charge on any atom is -0.00262 e. The molecule has 0 saturated heterocycles. The van der Waals surface area contributed by atoms with E-state index in [-0.39, 0.29) is 0 Å². The molecule has 260 valence electrons. The second kappa shape index (κ2) is 13.2. The van der Waals surface area contributed by atoms with E-state index in [1.165, 1.54) is 109 Å². The van der Waals surface area contributed by atoms with Gasteiger partial charge in [0.15, 0.2) is 0 Å². The highest BCUT2D eigenvalue weighted by molar-refractivity contribution is 6.22. The Bertz CT molecular complexity index is 3220. The van der Waals surface area contributed by atoms with Crippen LogP contribution in [0.3, 0.4) is 0 Å². The summed E-state index contributed by atoms with van der Waals surface area (Å²) in [4.78, 5) is 0. The van der Waals surface area contributed by atoms with E-state index in [0.29, 0.717) is 0 Å². The summed E-state index contributed by atoms with van der Waals surface area (Å²) in [7, 11) is 0. The second-order valence-corrected chi connectivity index (χ2v) is 14.8. The first kappa shape index (κ1) is 32.2. The van der Waals surface area contributed by atoms with Gasteiger partial charge in [-0.3, -0.25) is 0 Å². The molecule has 0 heterocycles. The van der Waals surface area contributed by atoms with Gasteiger partial charge in [-0.1, -0.05) is 200 Å². The van der Waals surface area contributed by atoms with E-state index < -0.39 is 0 Å². The van der Waals surface area contributed by atoms with Crippen LogP contribution in [0.15, 0.2) is 218 Å². The number of rotatable bonds is 5. The van der Waals surface area contributed by atoms with Crippen LogP contribution in [0.1, 0.15) is 0 Å². The topological polar surface area (TPSA) is 0 Å². The van der Waals surface area contributed by atoms with E-state index in [2.05, 4.69) is 218 Å². The van der Waals surface area contributed by atoms with Crippen molar-refractivity contribution < 1.29 is 0 Å². The molecule has 0 aromatic heterocycles. The largest absolute Gasteiger partial charge is 0.0622 e. The maximum absolute atomic E-state index is 2.38. The van der Waals surface area contributed by atoms with E-state index in [4.69, 9.17) is 0 Å². The number of hydrogen-bond acceptors (Lipinski definition) is 0. The molecule has 0 spiro atoms. The maximum atomic E-state index is 2.38.